The molecule has 0 saturated heterocycles. The molecule has 5 heteroatoms. The van der Waals surface area contributed by atoms with Crippen LogP contribution < -0.4 is 10.1 Å². The van der Waals surface area contributed by atoms with Crippen LogP contribution in [0.5, 0.6) is 5.75 Å². The normalized spacial score (nSPS) is 10.2. The largest absolute Gasteiger partial charge is 0.497 e. The molecule has 1 heterocycles. The van der Waals surface area contributed by atoms with Crippen molar-refractivity contribution in [1.82, 2.24) is 4.98 Å². The number of hydrogen-bond donors (Lipinski definition) is 1. The Labute approximate surface area is 132 Å². The van der Waals surface area contributed by atoms with Gasteiger partial charge in [0.2, 0.25) is 0 Å². The molecule has 0 fully saturated rings. The molecule has 110 valence electrons. The molecule has 0 aliphatic heterocycles. The van der Waals surface area contributed by atoms with Gasteiger partial charge in [0, 0.05) is 16.6 Å². The summed E-state index contributed by atoms with van der Waals surface area (Å²) in [7, 11) is 1.62. The Morgan fingerprint density at radius 3 is 2.73 bits per heavy atom. The number of anilines is 1. The summed E-state index contributed by atoms with van der Waals surface area (Å²) in [5.74, 6) is 0.561. The van der Waals surface area contributed by atoms with Gasteiger partial charge in [-0.25, -0.2) is 4.98 Å². The number of rotatable bonds is 4. The number of hydrogen-bond acceptors (Lipinski definition) is 4. The van der Waals surface area contributed by atoms with Gasteiger partial charge in [-0.1, -0.05) is 30.3 Å². The lowest BCUT2D eigenvalue weighted by atomic mass is 10.2. The zero-order chi connectivity index (χ0) is 15.4. The number of thiazole rings is 1. The topological polar surface area (TPSA) is 51.2 Å². The molecule has 0 bridgehead atoms. The predicted molar refractivity (Wildman–Crippen MR) is 88.5 cm³/mol. The molecule has 4 nitrogen and oxygen atoms in total. The molecule has 0 radical (unpaired) electrons. The monoisotopic (exact) mass is 310 g/mol. The van der Waals surface area contributed by atoms with Gasteiger partial charge in [0.1, 0.15) is 5.75 Å². The molecule has 0 aliphatic rings. The molecule has 3 aromatic rings. The van der Waals surface area contributed by atoms with E-state index in [0.717, 1.165) is 22.7 Å². The van der Waals surface area contributed by atoms with Gasteiger partial charge < -0.3 is 10.1 Å². The molecule has 22 heavy (non-hydrogen) atoms. The van der Waals surface area contributed by atoms with Crippen molar-refractivity contribution in [3.05, 3.63) is 65.0 Å². The number of nitrogens with one attached hydrogen (secondary N) is 1. The van der Waals surface area contributed by atoms with Crippen molar-refractivity contribution in [2.24, 2.45) is 0 Å². The molecule has 3 rings (SSSR count). The molecule has 0 spiro atoms. The molecule has 0 atom stereocenters. The van der Waals surface area contributed by atoms with E-state index in [9.17, 15) is 4.79 Å². The Bertz CT molecular complexity index is 784. The summed E-state index contributed by atoms with van der Waals surface area (Å²) in [4.78, 5) is 16.6. The minimum Gasteiger partial charge on any atom is -0.497 e. The highest BCUT2D eigenvalue weighted by Gasteiger charge is 2.12. The standard InChI is InChI=1S/C17H14N2O2S/c1-21-14-9-5-6-12(10-14)15-11-22-17(19-15)16(20)18-13-7-3-2-4-8-13/h2-11H,1H3,(H,18,20). The highest BCUT2D eigenvalue weighted by Crippen LogP contribution is 2.25. The van der Waals surface area contributed by atoms with Gasteiger partial charge in [-0.05, 0) is 24.3 Å². The highest BCUT2D eigenvalue weighted by atomic mass is 32.1. The predicted octanol–water partition coefficient (Wildman–Crippen LogP) is 4.07. The van der Waals surface area contributed by atoms with E-state index >= 15 is 0 Å². The van der Waals surface area contributed by atoms with Crippen LogP contribution in [0.2, 0.25) is 0 Å². The second kappa shape index (κ2) is 6.41. The van der Waals surface area contributed by atoms with Gasteiger partial charge in [0.15, 0.2) is 5.01 Å². The lowest BCUT2D eigenvalue weighted by Gasteiger charge is -2.02. The summed E-state index contributed by atoms with van der Waals surface area (Å²) in [5, 5.41) is 5.13. The van der Waals surface area contributed by atoms with Crippen LogP contribution in [0, 0.1) is 0 Å². The fourth-order valence-electron chi connectivity index (χ4n) is 2.00. The van der Waals surface area contributed by atoms with Gasteiger partial charge >= 0.3 is 0 Å². The Hall–Kier alpha value is -2.66. The second-order valence-electron chi connectivity index (χ2n) is 4.59. The quantitative estimate of drug-likeness (QED) is 0.790. The van der Waals surface area contributed by atoms with E-state index < -0.39 is 0 Å². The molecule has 0 saturated carbocycles. The van der Waals surface area contributed by atoms with Crippen molar-refractivity contribution in [3.8, 4) is 17.0 Å². The van der Waals surface area contributed by atoms with Crippen molar-refractivity contribution in [3.63, 3.8) is 0 Å². The van der Waals surface area contributed by atoms with Crippen molar-refractivity contribution in [1.29, 1.82) is 0 Å². The van der Waals surface area contributed by atoms with Crippen LogP contribution in [-0.4, -0.2) is 18.0 Å². The summed E-state index contributed by atoms with van der Waals surface area (Å²) in [6, 6.07) is 16.9. The number of para-hydroxylation sites is 1. The van der Waals surface area contributed by atoms with E-state index in [0.29, 0.717) is 5.01 Å². The van der Waals surface area contributed by atoms with Crippen LogP contribution >= 0.6 is 11.3 Å². The van der Waals surface area contributed by atoms with E-state index in [2.05, 4.69) is 10.3 Å². The molecule has 1 amide bonds. The van der Waals surface area contributed by atoms with Crippen LogP contribution in [0.3, 0.4) is 0 Å². The maximum atomic E-state index is 12.2. The van der Waals surface area contributed by atoms with Crippen LogP contribution in [-0.2, 0) is 0 Å². The van der Waals surface area contributed by atoms with E-state index in [4.69, 9.17) is 4.74 Å². The fourth-order valence-corrected chi connectivity index (χ4v) is 2.72. The first kappa shape index (κ1) is 14.3. The molecule has 0 unspecified atom stereocenters. The van der Waals surface area contributed by atoms with Crippen LogP contribution in [0.25, 0.3) is 11.3 Å². The van der Waals surface area contributed by atoms with Gasteiger partial charge in [-0.2, -0.15) is 0 Å². The van der Waals surface area contributed by atoms with Crippen molar-refractivity contribution < 1.29 is 9.53 Å². The summed E-state index contributed by atoms with van der Waals surface area (Å²) < 4.78 is 5.21. The first-order valence-electron chi connectivity index (χ1n) is 6.72. The van der Waals surface area contributed by atoms with E-state index in [1.54, 1.807) is 7.11 Å². The number of carbonyl (C=O) groups excluding carboxylic acids is 1. The van der Waals surface area contributed by atoms with E-state index in [-0.39, 0.29) is 5.91 Å². The third-order valence-corrected chi connectivity index (χ3v) is 3.94. The summed E-state index contributed by atoms with van der Waals surface area (Å²) >= 11 is 1.32. The Morgan fingerprint density at radius 1 is 1.14 bits per heavy atom. The first-order valence-corrected chi connectivity index (χ1v) is 7.60. The first-order chi connectivity index (χ1) is 10.8. The average Bonchev–Trinajstić information content (AvgIpc) is 3.06. The highest BCUT2D eigenvalue weighted by molar-refractivity contribution is 7.12. The summed E-state index contributed by atoms with van der Waals surface area (Å²) in [6.45, 7) is 0. The van der Waals surface area contributed by atoms with E-state index in [1.807, 2.05) is 60.0 Å². The minimum absolute atomic E-state index is 0.203. The molecule has 0 aliphatic carbocycles. The van der Waals surface area contributed by atoms with Crippen molar-refractivity contribution in [2.45, 2.75) is 0 Å². The Kier molecular flexibility index (Phi) is 4.16. The number of benzene rings is 2. The molecule has 1 N–H and O–H groups in total. The SMILES string of the molecule is COc1cccc(-c2csc(C(=O)Nc3ccccc3)n2)c1. The van der Waals surface area contributed by atoms with Gasteiger partial charge in [-0.15, -0.1) is 11.3 Å². The maximum Gasteiger partial charge on any atom is 0.284 e. The van der Waals surface area contributed by atoms with Crippen molar-refractivity contribution >= 4 is 22.9 Å². The van der Waals surface area contributed by atoms with Gasteiger partial charge in [-0.3, -0.25) is 4.79 Å². The number of aromatic nitrogens is 1. The van der Waals surface area contributed by atoms with Crippen LogP contribution in [0.1, 0.15) is 9.80 Å². The lowest BCUT2D eigenvalue weighted by Crippen LogP contribution is -2.11. The summed E-state index contributed by atoms with van der Waals surface area (Å²) in [6.07, 6.45) is 0. The van der Waals surface area contributed by atoms with Gasteiger partial charge in [0.05, 0.1) is 12.8 Å². The third kappa shape index (κ3) is 3.15. The minimum atomic E-state index is -0.203. The Morgan fingerprint density at radius 2 is 1.95 bits per heavy atom. The lowest BCUT2D eigenvalue weighted by molar-refractivity contribution is 0.102. The fraction of sp³-hybridized carbons (Fsp3) is 0.0588. The maximum absolute atomic E-state index is 12.2. The number of methoxy groups -OCH3 is 1. The Balaban J connectivity index is 1.79. The van der Waals surface area contributed by atoms with Crippen LogP contribution in [0.15, 0.2) is 60.0 Å². The summed E-state index contributed by atoms with van der Waals surface area (Å²) in [5.41, 5.74) is 2.45. The van der Waals surface area contributed by atoms with E-state index in [1.165, 1.54) is 11.3 Å². The molecule has 2 aromatic carbocycles. The number of ether oxygens (including phenoxy) is 1. The van der Waals surface area contributed by atoms with Crippen LogP contribution in [0.4, 0.5) is 5.69 Å². The third-order valence-electron chi connectivity index (χ3n) is 3.10. The second-order valence-corrected chi connectivity index (χ2v) is 5.45. The zero-order valence-corrected chi connectivity index (χ0v) is 12.8. The number of carbonyl (C=O) groups is 1. The zero-order valence-electron chi connectivity index (χ0n) is 11.9. The smallest absolute Gasteiger partial charge is 0.284 e. The van der Waals surface area contributed by atoms with Crippen molar-refractivity contribution in [2.75, 3.05) is 12.4 Å². The molecular weight excluding hydrogens is 296 g/mol. The molecular formula is C17H14N2O2S. The molecule has 1 aromatic heterocycles. The van der Waals surface area contributed by atoms with Gasteiger partial charge in [0.25, 0.3) is 5.91 Å². The number of nitrogens with zero attached hydrogens (tertiary/aromatic N) is 1. The average molecular weight is 310 g/mol. The number of amides is 1.